The van der Waals surface area contributed by atoms with Crippen LogP contribution in [0.2, 0.25) is 0 Å². The minimum absolute atomic E-state index is 0.128. The first-order valence-corrected chi connectivity index (χ1v) is 7.56. The molecule has 1 aromatic carbocycles. The van der Waals surface area contributed by atoms with Crippen LogP contribution in [-0.2, 0) is 0 Å². The molecule has 1 fully saturated rings. The first kappa shape index (κ1) is 14.5. The minimum atomic E-state index is 0.128. The lowest BCUT2D eigenvalue weighted by Gasteiger charge is -2.24. The lowest BCUT2D eigenvalue weighted by Crippen LogP contribution is -2.34. The summed E-state index contributed by atoms with van der Waals surface area (Å²) in [7, 11) is 0. The lowest BCUT2D eigenvalue weighted by molar-refractivity contribution is 0.321. The molecule has 0 aromatic heterocycles. The molecule has 106 valence electrons. The molecule has 0 aliphatic heterocycles. The lowest BCUT2D eigenvalue weighted by atomic mass is 9.91. The summed E-state index contributed by atoms with van der Waals surface area (Å²) < 4.78 is 0. The molecule has 0 amide bonds. The molecule has 0 saturated heterocycles. The van der Waals surface area contributed by atoms with Gasteiger partial charge in [-0.3, -0.25) is 0 Å². The quantitative estimate of drug-likeness (QED) is 0.789. The Morgan fingerprint density at radius 3 is 2.32 bits per heavy atom. The van der Waals surface area contributed by atoms with Gasteiger partial charge in [0.05, 0.1) is 0 Å². The molecule has 2 unspecified atom stereocenters. The maximum Gasteiger partial charge on any atom is 0.0333 e. The molecule has 3 N–H and O–H groups in total. The van der Waals surface area contributed by atoms with E-state index < -0.39 is 0 Å². The van der Waals surface area contributed by atoms with E-state index in [9.17, 15) is 0 Å². The molecule has 19 heavy (non-hydrogen) atoms. The standard InChI is InChI=1S/C17H28N2/c1-13(2)17(9-10-17)12-19-11-14(3)16(18)15-7-5-4-6-8-15/h4-8,13-14,16,19H,9-12,18H2,1-3H3. The number of rotatable bonds is 7. The molecular formula is C17H28N2. The van der Waals surface area contributed by atoms with Crippen LogP contribution in [0.4, 0.5) is 0 Å². The molecule has 1 aliphatic rings. The molecule has 2 heteroatoms. The van der Waals surface area contributed by atoms with Crippen molar-refractivity contribution in [1.29, 1.82) is 0 Å². The average Bonchev–Trinajstić information content (AvgIpc) is 3.20. The molecule has 2 rings (SSSR count). The van der Waals surface area contributed by atoms with Crippen LogP contribution >= 0.6 is 0 Å². The van der Waals surface area contributed by atoms with Crippen molar-refractivity contribution in [3.63, 3.8) is 0 Å². The van der Waals surface area contributed by atoms with Gasteiger partial charge >= 0.3 is 0 Å². The zero-order chi connectivity index (χ0) is 13.9. The normalized spacial score (nSPS) is 20.3. The van der Waals surface area contributed by atoms with Gasteiger partial charge in [0.25, 0.3) is 0 Å². The Balaban J connectivity index is 1.77. The molecule has 1 aromatic rings. The Bertz CT molecular complexity index is 382. The van der Waals surface area contributed by atoms with Crippen molar-refractivity contribution in [3.05, 3.63) is 35.9 Å². The van der Waals surface area contributed by atoms with Crippen LogP contribution in [0.25, 0.3) is 0 Å². The zero-order valence-electron chi connectivity index (χ0n) is 12.5. The predicted molar refractivity (Wildman–Crippen MR) is 81.9 cm³/mol. The second kappa shape index (κ2) is 6.06. The summed E-state index contributed by atoms with van der Waals surface area (Å²) in [4.78, 5) is 0. The van der Waals surface area contributed by atoms with Gasteiger partial charge in [-0.2, -0.15) is 0 Å². The van der Waals surface area contributed by atoms with Gasteiger partial charge in [0.15, 0.2) is 0 Å². The fourth-order valence-electron chi connectivity index (χ4n) is 2.80. The van der Waals surface area contributed by atoms with Crippen molar-refractivity contribution in [2.45, 2.75) is 39.7 Å². The van der Waals surface area contributed by atoms with Crippen LogP contribution in [0.3, 0.4) is 0 Å². The highest BCUT2D eigenvalue weighted by Crippen LogP contribution is 2.51. The Morgan fingerprint density at radius 1 is 1.16 bits per heavy atom. The zero-order valence-corrected chi connectivity index (χ0v) is 12.5. The Morgan fingerprint density at radius 2 is 1.79 bits per heavy atom. The van der Waals surface area contributed by atoms with Crippen molar-refractivity contribution in [2.24, 2.45) is 23.0 Å². The van der Waals surface area contributed by atoms with Crippen LogP contribution < -0.4 is 11.1 Å². The molecule has 1 saturated carbocycles. The van der Waals surface area contributed by atoms with Gasteiger partial charge in [0.2, 0.25) is 0 Å². The number of nitrogens with two attached hydrogens (primary N) is 1. The van der Waals surface area contributed by atoms with Gasteiger partial charge in [0.1, 0.15) is 0 Å². The van der Waals surface area contributed by atoms with E-state index in [0.29, 0.717) is 11.3 Å². The SMILES string of the molecule is CC(CNCC1(C(C)C)CC1)C(N)c1ccccc1. The summed E-state index contributed by atoms with van der Waals surface area (Å²) in [6.45, 7) is 9.07. The second-order valence-corrected chi connectivity index (χ2v) is 6.56. The molecule has 2 atom stereocenters. The van der Waals surface area contributed by atoms with E-state index in [2.05, 4.69) is 50.4 Å². The fraction of sp³-hybridized carbons (Fsp3) is 0.647. The molecule has 1 aliphatic carbocycles. The third-order valence-electron chi connectivity index (χ3n) is 4.86. The summed E-state index contributed by atoms with van der Waals surface area (Å²) in [5, 5.41) is 3.64. The minimum Gasteiger partial charge on any atom is -0.324 e. The van der Waals surface area contributed by atoms with Crippen LogP contribution in [0.15, 0.2) is 30.3 Å². The van der Waals surface area contributed by atoms with Crippen LogP contribution in [-0.4, -0.2) is 13.1 Å². The van der Waals surface area contributed by atoms with Gasteiger partial charge in [-0.15, -0.1) is 0 Å². The van der Waals surface area contributed by atoms with E-state index in [-0.39, 0.29) is 6.04 Å². The van der Waals surface area contributed by atoms with E-state index in [1.807, 2.05) is 6.07 Å². The third kappa shape index (κ3) is 3.58. The molecule has 2 nitrogen and oxygen atoms in total. The molecule has 0 radical (unpaired) electrons. The highest BCUT2D eigenvalue weighted by atomic mass is 14.9. The smallest absolute Gasteiger partial charge is 0.0333 e. The summed E-state index contributed by atoms with van der Waals surface area (Å²) >= 11 is 0. The van der Waals surface area contributed by atoms with Crippen molar-refractivity contribution in [2.75, 3.05) is 13.1 Å². The van der Waals surface area contributed by atoms with Crippen molar-refractivity contribution >= 4 is 0 Å². The van der Waals surface area contributed by atoms with Crippen LogP contribution in [0, 0.1) is 17.3 Å². The van der Waals surface area contributed by atoms with Gasteiger partial charge in [-0.05, 0) is 42.2 Å². The van der Waals surface area contributed by atoms with E-state index in [0.717, 1.165) is 19.0 Å². The fourth-order valence-corrected chi connectivity index (χ4v) is 2.80. The van der Waals surface area contributed by atoms with Crippen LogP contribution in [0.1, 0.15) is 45.2 Å². The average molecular weight is 260 g/mol. The summed E-state index contributed by atoms with van der Waals surface area (Å²) in [6, 6.07) is 10.5. The number of benzene rings is 1. The molecule has 0 bridgehead atoms. The van der Waals surface area contributed by atoms with Gasteiger partial charge in [-0.1, -0.05) is 51.1 Å². The predicted octanol–water partition coefficient (Wildman–Crippen LogP) is 3.35. The van der Waals surface area contributed by atoms with Crippen molar-refractivity contribution in [3.8, 4) is 0 Å². The largest absolute Gasteiger partial charge is 0.324 e. The Labute approximate surface area is 117 Å². The van der Waals surface area contributed by atoms with Crippen molar-refractivity contribution < 1.29 is 0 Å². The maximum atomic E-state index is 6.32. The summed E-state index contributed by atoms with van der Waals surface area (Å²) in [6.07, 6.45) is 2.77. The molecule has 0 spiro atoms. The third-order valence-corrected chi connectivity index (χ3v) is 4.86. The maximum absolute atomic E-state index is 6.32. The highest BCUT2D eigenvalue weighted by Gasteiger charge is 2.44. The topological polar surface area (TPSA) is 38.0 Å². The van der Waals surface area contributed by atoms with Gasteiger partial charge in [0, 0.05) is 12.6 Å². The van der Waals surface area contributed by atoms with E-state index in [1.165, 1.54) is 18.4 Å². The monoisotopic (exact) mass is 260 g/mol. The number of hydrogen-bond acceptors (Lipinski definition) is 2. The Kier molecular flexibility index (Phi) is 4.64. The number of nitrogens with one attached hydrogen (secondary N) is 1. The first-order valence-electron chi connectivity index (χ1n) is 7.56. The van der Waals surface area contributed by atoms with Crippen LogP contribution in [0.5, 0.6) is 0 Å². The molecule has 0 heterocycles. The van der Waals surface area contributed by atoms with Crippen molar-refractivity contribution in [1.82, 2.24) is 5.32 Å². The number of hydrogen-bond donors (Lipinski definition) is 2. The van der Waals surface area contributed by atoms with E-state index in [4.69, 9.17) is 5.73 Å². The summed E-state index contributed by atoms with van der Waals surface area (Å²) in [5.74, 6) is 1.25. The van der Waals surface area contributed by atoms with Gasteiger partial charge in [-0.25, -0.2) is 0 Å². The van der Waals surface area contributed by atoms with E-state index in [1.54, 1.807) is 0 Å². The molecular weight excluding hydrogens is 232 g/mol. The van der Waals surface area contributed by atoms with E-state index >= 15 is 0 Å². The van der Waals surface area contributed by atoms with Gasteiger partial charge < -0.3 is 11.1 Å². The first-order chi connectivity index (χ1) is 9.05. The highest BCUT2D eigenvalue weighted by molar-refractivity contribution is 5.19. The summed E-state index contributed by atoms with van der Waals surface area (Å²) in [5.41, 5.74) is 8.14. The Hall–Kier alpha value is -0.860. The second-order valence-electron chi connectivity index (χ2n) is 6.56.